The summed E-state index contributed by atoms with van der Waals surface area (Å²) in [6.07, 6.45) is -0.411. The summed E-state index contributed by atoms with van der Waals surface area (Å²) in [6.45, 7) is 5.12. The second kappa shape index (κ2) is 8.31. The Balaban J connectivity index is 1.26. The van der Waals surface area contributed by atoms with Gasteiger partial charge in [-0.3, -0.25) is 4.90 Å². The lowest BCUT2D eigenvalue weighted by Crippen LogP contribution is -2.49. The summed E-state index contributed by atoms with van der Waals surface area (Å²) in [5.74, 6) is 0. The molecule has 0 spiro atoms. The highest BCUT2D eigenvalue weighted by atomic mass is 35.5. The number of nitrogens with zero attached hydrogens (tertiary/aromatic N) is 3. The monoisotopic (exact) mass is 419 g/mol. The third-order valence-corrected chi connectivity index (χ3v) is 6.36. The Kier molecular flexibility index (Phi) is 5.38. The zero-order valence-corrected chi connectivity index (χ0v) is 17.7. The van der Waals surface area contributed by atoms with Crippen molar-refractivity contribution >= 4 is 39.1 Å². The molecule has 1 aromatic heterocycles. The maximum atomic E-state index is 10.9. The van der Waals surface area contributed by atoms with Crippen LogP contribution in [0.2, 0.25) is 5.02 Å². The summed E-state index contributed by atoms with van der Waals surface area (Å²) >= 11 is 6.01. The molecule has 1 saturated heterocycles. The number of piperazine rings is 1. The van der Waals surface area contributed by atoms with Crippen LogP contribution in [0.25, 0.3) is 21.8 Å². The van der Waals surface area contributed by atoms with Crippen LogP contribution in [0.5, 0.6) is 0 Å². The van der Waals surface area contributed by atoms with Gasteiger partial charge in [0.05, 0.1) is 12.6 Å². The van der Waals surface area contributed by atoms with Gasteiger partial charge in [-0.15, -0.1) is 0 Å². The van der Waals surface area contributed by atoms with Crippen LogP contribution < -0.4 is 4.90 Å². The highest BCUT2D eigenvalue weighted by Gasteiger charge is 2.21. The predicted octanol–water partition coefficient (Wildman–Crippen LogP) is 4.63. The number of aliphatic hydroxyl groups excluding tert-OH is 1. The molecule has 1 unspecified atom stereocenters. The van der Waals surface area contributed by atoms with Crippen LogP contribution in [-0.4, -0.2) is 53.4 Å². The molecule has 1 aliphatic heterocycles. The number of aliphatic hydroxyl groups is 1. The second-order valence-corrected chi connectivity index (χ2v) is 8.50. The van der Waals surface area contributed by atoms with E-state index >= 15 is 0 Å². The van der Waals surface area contributed by atoms with Gasteiger partial charge in [0.15, 0.2) is 0 Å². The van der Waals surface area contributed by atoms with E-state index in [0.717, 1.165) is 31.2 Å². The number of fused-ring (bicyclic) bond motifs is 3. The normalized spacial score (nSPS) is 16.4. The first-order valence-corrected chi connectivity index (χ1v) is 10.9. The van der Waals surface area contributed by atoms with Gasteiger partial charge in [0.1, 0.15) is 0 Å². The summed E-state index contributed by atoms with van der Waals surface area (Å²) < 4.78 is 2.26. The number of rotatable bonds is 5. The molecule has 30 heavy (non-hydrogen) atoms. The second-order valence-electron chi connectivity index (χ2n) is 8.06. The van der Waals surface area contributed by atoms with Crippen molar-refractivity contribution in [3.63, 3.8) is 0 Å². The Morgan fingerprint density at radius 1 is 0.733 bits per heavy atom. The van der Waals surface area contributed by atoms with Crippen molar-refractivity contribution in [1.82, 2.24) is 9.47 Å². The van der Waals surface area contributed by atoms with Crippen molar-refractivity contribution < 1.29 is 5.11 Å². The fraction of sp³-hybridized carbons (Fsp3) is 0.280. The van der Waals surface area contributed by atoms with Crippen LogP contribution in [-0.2, 0) is 6.54 Å². The number of hydrogen-bond acceptors (Lipinski definition) is 3. The third kappa shape index (κ3) is 3.79. The third-order valence-electron chi connectivity index (χ3n) is 6.11. The Morgan fingerprint density at radius 3 is 1.90 bits per heavy atom. The quantitative estimate of drug-likeness (QED) is 0.511. The minimum absolute atomic E-state index is 0.411. The van der Waals surface area contributed by atoms with Gasteiger partial charge in [0.25, 0.3) is 0 Å². The molecule has 154 valence electrons. The van der Waals surface area contributed by atoms with Crippen molar-refractivity contribution in [2.75, 3.05) is 37.6 Å². The Labute approximate surface area is 181 Å². The number of para-hydroxylation sites is 2. The molecule has 5 rings (SSSR count). The first kappa shape index (κ1) is 19.4. The molecule has 0 saturated carbocycles. The molecule has 1 N–H and O–H groups in total. The number of anilines is 1. The van der Waals surface area contributed by atoms with Gasteiger partial charge in [-0.2, -0.15) is 0 Å². The SMILES string of the molecule is OC(CN1CCN(c2ccc(Cl)cc2)CC1)Cn1c2ccccc2c2ccccc21. The lowest BCUT2D eigenvalue weighted by atomic mass is 10.2. The molecule has 0 aliphatic carbocycles. The fourth-order valence-corrected chi connectivity index (χ4v) is 4.73. The van der Waals surface area contributed by atoms with Crippen LogP contribution >= 0.6 is 11.6 Å². The van der Waals surface area contributed by atoms with E-state index in [2.05, 4.69) is 75.0 Å². The van der Waals surface area contributed by atoms with E-state index in [1.54, 1.807) is 0 Å². The Hall–Kier alpha value is -2.53. The van der Waals surface area contributed by atoms with E-state index in [1.165, 1.54) is 27.5 Å². The Bertz CT molecular complexity index is 1090. The molecule has 2 heterocycles. The lowest BCUT2D eigenvalue weighted by Gasteiger charge is -2.37. The zero-order valence-electron chi connectivity index (χ0n) is 16.9. The molecule has 5 heteroatoms. The molecule has 1 atom stereocenters. The number of aromatic nitrogens is 1. The average molecular weight is 420 g/mol. The topological polar surface area (TPSA) is 31.6 Å². The average Bonchev–Trinajstić information content (AvgIpc) is 3.09. The summed E-state index contributed by atoms with van der Waals surface area (Å²) in [7, 11) is 0. The van der Waals surface area contributed by atoms with Gasteiger partial charge >= 0.3 is 0 Å². The number of hydrogen-bond donors (Lipinski definition) is 1. The van der Waals surface area contributed by atoms with E-state index in [1.807, 2.05) is 12.1 Å². The first-order chi connectivity index (χ1) is 14.7. The number of β-amino-alcohol motifs (C(OH)–C–C–N with tert-alkyl or cyclic N) is 1. The molecule has 4 nitrogen and oxygen atoms in total. The van der Waals surface area contributed by atoms with Gasteiger partial charge in [-0.05, 0) is 36.4 Å². The zero-order chi connectivity index (χ0) is 20.5. The van der Waals surface area contributed by atoms with E-state index in [9.17, 15) is 5.11 Å². The maximum Gasteiger partial charge on any atom is 0.0845 e. The van der Waals surface area contributed by atoms with Gasteiger partial charge in [-0.1, -0.05) is 48.0 Å². The van der Waals surface area contributed by atoms with Crippen molar-refractivity contribution in [3.05, 3.63) is 77.8 Å². The molecule has 4 aromatic rings. The van der Waals surface area contributed by atoms with Crippen LogP contribution in [0.1, 0.15) is 0 Å². The smallest absolute Gasteiger partial charge is 0.0845 e. The fourth-order valence-electron chi connectivity index (χ4n) is 4.61. The molecule has 0 amide bonds. The predicted molar refractivity (Wildman–Crippen MR) is 126 cm³/mol. The lowest BCUT2D eigenvalue weighted by molar-refractivity contribution is 0.0969. The van der Waals surface area contributed by atoms with E-state index in [0.29, 0.717) is 13.1 Å². The van der Waals surface area contributed by atoms with E-state index < -0.39 is 6.10 Å². The van der Waals surface area contributed by atoms with Crippen molar-refractivity contribution in [3.8, 4) is 0 Å². The highest BCUT2D eigenvalue weighted by molar-refractivity contribution is 6.30. The van der Waals surface area contributed by atoms with Crippen LogP contribution in [0.15, 0.2) is 72.8 Å². The van der Waals surface area contributed by atoms with Crippen molar-refractivity contribution in [2.45, 2.75) is 12.6 Å². The molecule has 1 fully saturated rings. The summed E-state index contributed by atoms with van der Waals surface area (Å²) in [6, 6.07) is 25.0. The van der Waals surface area contributed by atoms with Gasteiger partial charge in [0, 0.05) is 65.2 Å². The van der Waals surface area contributed by atoms with Crippen molar-refractivity contribution in [2.24, 2.45) is 0 Å². The molecule has 3 aromatic carbocycles. The largest absolute Gasteiger partial charge is 0.390 e. The van der Waals surface area contributed by atoms with Gasteiger partial charge in [-0.25, -0.2) is 0 Å². The molecule has 1 aliphatic rings. The van der Waals surface area contributed by atoms with Crippen LogP contribution in [0.3, 0.4) is 0 Å². The molecular formula is C25H26ClN3O. The minimum Gasteiger partial charge on any atom is -0.390 e. The number of halogens is 1. The van der Waals surface area contributed by atoms with Crippen LogP contribution in [0.4, 0.5) is 5.69 Å². The van der Waals surface area contributed by atoms with Crippen molar-refractivity contribution in [1.29, 1.82) is 0 Å². The van der Waals surface area contributed by atoms with E-state index in [4.69, 9.17) is 11.6 Å². The van der Waals surface area contributed by atoms with Gasteiger partial charge < -0.3 is 14.6 Å². The van der Waals surface area contributed by atoms with Gasteiger partial charge in [0.2, 0.25) is 0 Å². The number of benzene rings is 3. The first-order valence-electron chi connectivity index (χ1n) is 10.6. The van der Waals surface area contributed by atoms with E-state index in [-0.39, 0.29) is 0 Å². The summed E-state index contributed by atoms with van der Waals surface area (Å²) in [5, 5.41) is 14.2. The van der Waals surface area contributed by atoms with Crippen LogP contribution in [0, 0.1) is 0 Å². The molecular weight excluding hydrogens is 394 g/mol. The summed E-state index contributed by atoms with van der Waals surface area (Å²) in [5.41, 5.74) is 3.58. The summed E-state index contributed by atoms with van der Waals surface area (Å²) in [4.78, 5) is 4.75. The molecule has 0 bridgehead atoms. The standard InChI is InChI=1S/C25H26ClN3O/c26-19-9-11-20(12-10-19)28-15-13-27(14-16-28)17-21(30)18-29-24-7-3-1-5-22(24)23-6-2-4-8-25(23)29/h1-12,21,30H,13-18H2. The Morgan fingerprint density at radius 2 is 1.30 bits per heavy atom. The minimum atomic E-state index is -0.411. The highest BCUT2D eigenvalue weighted by Crippen LogP contribution is 2.29. The molecule has 0 radical (unpaired) electrons. The maximum absolute atomic E-state index is 10.9.